The Morgan fingerprint density at radius 2 is 2.04 bits per heavy atom. The summed E-state index contributed by atoms with van der Waals surface area (Å²) in [6.45, 7) is 0. The van der Waals surface area contributed by atoms with Gasteiger partial charge in [-0.3, -0.25) is 4.79 Å². The standard InChI is InChI=1S/C19H17NO4S/c1-23-14-6-7-15-16(10-18(21)24-17(15)9-14)19(22)20-13-5-3-4-12(8-13)11-25-2/h3-10H,11H2,1-2H3,(H,20,22). The summed E-state index contributed by atoms with van der Waals surface area (Å²) in [6, 6.07) is 13.9. The van der Waals surface area contributed by atoms with Gasteiger partial charge in [0, 0.05) is 29.0 Å². The average molecular weight is 355 g/mol. The Kier molecular flexibility index (Phi) is 5.09. The Balaban J connectivity index is 1.97. The van der Waals surface area contributed by atoms with Crippen LogP contribution in [0.4, 0.5) is 5.69 Å². The van der Waals surface area contributed by atoms with Crippen LogP contribution in [0.1, 0.15) is 15.9 Å². The van der Waals surface area contributed by atoms with E-state index in [1.54, 1.807) is 30.0 Å². The summed E-state index contributed by atoms with van der Waals surface area (Å²) in [5, 5.41) is 3.40. The van der Waals surface area contributed by atoms with Crippen molar-refractivity contribution in [3.05, 3.63) is 70.1 Å². The summed E-state index contributed by atoms with van der Waals surface area (Å²) in [5.74, 6) is 1.06. The van der Waals surface area contributed by atoms with Crippen LogP contribution < -0.4 is 15.7 Å². The van der Waals surface area contributed by atoms with Crippen LogP contribution in [0.25, 0.3) is 11.0 Å². The largest absolute Gasteiger partial charge is 0.497 e. The molecule has 1 heterocycles. The predicted molar refractivity (Wildman–Crippen MR) is 101 cm³/mol. The number of rotatable bonds is 5. The smallest absolute Gasteiger partial charge is 0.337 e. The summed E-state index contributed by atoms with van der Waals surface area (Å²) < 4.78 is 10.3. The molecule has 3 aromatic rings. The Bertz CT molecular complexity index is 981. The Morgan fingerprint density at radius 3 is 2.80 bits per heavy atom. The van der Waals surface area contributed by atoms with Gasteiger partial charge in [0.05, 0.1) is 12.7 Å². The van der Waals surface area contributed by atoms with Gasteiger partial charge in [0.1, 0.15) is 11.3 Å². The van der Waals surface area contributed by atoms with Crippen LogP contribution >= 0.6 is 11.8 Å². The fourth-order valence-electron chi connectivity index (χ4n) is 2.56. The maximum atomic E-state index is 12.7. The molecule has 1 aromatic heterocycles. The second-order valence-electron chi connectivity index (χ2n) is 5.43. The Morgan fingerprint density at radius 1 is 1.20 bits per heavy atom. The van der Waals surface area contributed by atoms with E-state index < -0.39 is 5.63 Å². The zero-order chi connectivity index (χ0) is 17.8. The van der Waals surface area contributed by atoms with Gasteiger partial charge in [0.15, 0.2) is 0 Å². The van der Waals surface area contributed by atoms with Crippen molar-refractivity contribution in [1.82, 2.24) is 0 Å². The van der Waals surface area contributed by atoms with Crippen molar-refractivity contribution >= 4 is 34.3 Å². The first-order valence-corrected chi connectivity index (χ1v) is 9.01. The second-order valence-corrected chi connectivity index (χ2v) is 6.29. The number of hydrogen-bond donors (Lipinski definition) is 1. The Labute approximate surface area is 149 Å². The Hall–Kier alpha value is -2.73. The minimum absolute atomic E-state index is 0.268. The summed E-state index contributed by atoms with van der Waals surface area (Å²) >= 11 is 1.71. The van der Waals surface area contributed by atoms with Crippen LogP contribution in [0.5, 0.6) is 5.75 Å². The van der Waals surface area contributed by atoms with Crippen molar-refractivity contribution < 1.29 is 13.9 Å². The minimum atomic E-state index is -0.581. The van der Waals surface area contributed by atoms with Crippen LogP contribution in [-0.4, -0.2) is 19.3 Å². The number of benzene rings is 2. The van der Waals surface area contributed by atoms with Crippen LogP contribution in [0.3, 0.4) is 0 Å². The molecule has 0 fully saturated rings. The molecule has 1 amide bonds. The number of nitrogens with one attached hydrogen (secondary N) is 1. The lowest BCUT2D eigenvalue weighted by Crippen LogP contribution is -2.15. The molecule has 128 valence electrons. The molecule has 0 aliphatic heterocycles. The van der Waals surface area contributed by atoms with Crippen molar-refractivity contribution in [3.8, 4) is 5.75 Å². The lowest BCUT2D eigenvalue weighted by atomic mass is 10.1. The lowest BCUT2D eigenvalue weighted by Gasteiger charge is -2.09. The first-order valence-electron chi connectivity index (χ1n) is 7.62. The highest BCUT2D eigenvalue weighted by Crippen LogP contribution is 2.23. The van der Waals surface area contributed by atoms with Crippen molar-refractivity contribution in [2.24, 2.45) is 0 Å². The molecule has 0 aliphatic carbocycles. The SMILES string of the molecule is COc1ccc2c(C(=O)Nc3cccc(CSC)c3)cc(=O)oc2c1. The van der Waals surface area contributed by atoms with Gasteiger partial charge in [-0.15, -0.1) is 0 Å². The van der Waals surface area contributed by atoms with Crippen molar-refractivity contribution in [1.29, 1.82) is 0 Å². The van der Waals surface area contributed by atoms with Gasteiger partial charge in [0.2, 0.25) is 0 Å². The quantitative estimate of drug-likeness (QED) is 0.703. The number of fused-ring (bicyclic) bond motifs is 1. The van der Waals surface area contributed by atoms with Gasteiger partial charge in [0.25, 0.3) is 5.91 Å². The summed E-state index contributed by atoms with van der Waals surface area (Å²) in [5.41, 5.74) is 1.80. The molecule has 3 rings (SSSR count). The summed E-state index contributed by atoms with van der Waals surface area (Å²) in [6.07, 6.45) is 2.02. The van der Waals surface area contributed by atoms with Crippen molar-refractivity contribution in [2.45, 2.75) is 5.75 Å². The first kappa shape index (κ1) is 17.1. The van der Waals surface area contributed by atoms with E-state index in [4.69, 9.17) is 9.15 Å². The number of carbonyl (C=O) groups excluding carboxylic acids is 1. The molecular formula is C19H17NO4S. The number of ether oxygens (including phenoxy) is 1. The van der Waals surface area contributed by atoms with Crippen molar-refractivity contribution in [2.75, 3.05) is 18.7 Å². The molecule has 2 aromatic carbocycles. The highest BCUT2D eigenvalue weighted by Gasteiger charge is 2.14. The third-order valence-corrected chi connectivity index (χ3v) is 4.31. The third-order valence-electron chi connectivity index (χ3n) is 3.69. The third kappa shape index (κ3) is 3.85. The molecule has 0 spiro atoms. The van der Waals surface area contributed by atoms with E-state index in [-0.39, 0.29) is 11.5 Å². The van der Waals surface area contributed by atoms with Crippen LogP contribution in [0.15, 0.2) is 57.7 Å². The molecule has 0 bridgehead atoms. The number of anilines is 1. The lowest BCUT2D eigenvalue weighted by molar-refractivity contribution is 0.102. The first-order chi connectivity index (χ1) is 12.1. The van der Waals surface area contributed by atoms with Gasteiger partial charge in [-0.05, 0) is 36.1 Å². The van der Waals surface area contributed by atoms with Gasteiger partial charge in [-0.2, -0.15) is 11.8 Å². The van der Waals surface area contributed by atoms with Gasteiger partial charge < -0.3 is 14.5 Å². The highest BCUT2D eigenvalue weighted by atomic mass is 32.2. The maximum absolute atomic E-state index is 12.7. The topological polar surface area (TPSA) is 68.5 Å². The van der Waals surface area contributed by atoms with E-state index in [0.29, 0.717) is 22.4 Å². The second kappa shape index (κ2) is 7.44. The van der Waals surface area contributed by atoms with Crippen molar-refractivity contribution in [3.63, 3.8) is 0 Å². The fourth-order valence-corrected chi connectivity index (χ4v) is 3.07. The number of amides is 1. The molecule has 0 aliphatic rings. The zero-order valence-corrected chi connectivity index (χ0v) is 14.7. The highest BCUT2D eigenvalue weighted by molar-refractivity contribution is 7.97. The normalized spacial score (nSPS) is 10.6. The van der Waals surface area contributed by atoms with Gasteiger partial charge in [-0.25, -0.2) is 4.79 Å². The van der Waals surface area contributed by atoms with E-state index in [1.807, 2.05) is 30.5 Å². The molecule has 25 heavy (non-hydrogen) atoms. The number of methoxy groups -OCH3 is 1. The zero-order valence-electron chi connectivity index (χ0n) is 13.9. The predicted octanol–water partition coefficient (Wildman–Crippen LogP) is 3.92. The van der Waals surface area contributed by atoms with E-state index in [0.717, 1.165) is 11.3 Å². The van der Waals surface area contributed by atoms with E-state index in [1.165, 1.54) is 13.2 Å². The number of thioether (sulfide) groups is 1. The van der Waals surface area contributed by atoms with Crippen LogP contribution in [-0.2, 0) is 5.75 Å². The van der Waals surface area contributed by atoms with E-state index in [2.05, 4.69) is 5.32 Å². The molecule has 6 heteroatoms. The molecule has 0 saturated carbocycles. The van der Waals surface area contributed by atoms with Crippen LogP contribution in [0, 0.1) is 0 Å². The number of carbonyl (C=O) groups is 1. The summed E-state index contributed by atoms with van der Waals surface area (Å²) in [4.78, 5) is 24.5. The molecule has 1 N–H and O–H groups in total. The van der Waals surface area contributed by atoms with Gasteiger partial charge in [-0.1, -0.05) is 12.1 Å². The molecule has 0 saturated heterocycles. The van der Waals surface area contributed by atoms with E-state index in [9.17, 15) is 9.59 Å². The van der Waals surface area contributed by atoms with E-state index >= 15 is 0 Å². The molecule has 5 nitrogen and oxygen atoms in total. The minimum Gasteiger partial charge on any atom is -0.497 e. The fraction of sp³-hybridized carbons (Fsp3) is 0.158. The van der Waals surface area contributed by atoms with Crippen LogP contribution in [0.2, 0.25) is 0 Å². The molecule has 0 atom stereocenters. The molecule has 0 radical (unpaired) electrons. The summed E-state index contributed by atoms with van der Waals surface area (Å²) in [7, 11) is 1.53. The molecule has 0 unspecified atom stereocenters. The number of hydrogen-bond acceptors (Lipinski definition) is 5. The maximum Gasteiger partial charge on any atom is 0.337 e. The monoisotopic (exact) mass is 355 g/mol. The molecular weight excluding hydrogens is 338 g/mol. The average Bonchev–Trinajstić information content (AvgIpc) is 2.61. The van der Waals surface area contributed by atoms with Gasteiger partial charge >= 0.3 is 5.63 Å².